The van der Waals surface area contributed by atoms with Crippen LogP contribution in [0.15, 0.2) is 0 Å². The first kappa shape index (κ1) is 18.9. The van der Waals surface area contributed by atoms with Gasteiger partial charge in [-0.05, 0) is 31.2 Å². The molecule has 1 heterocycles. The lowest BCUT2D eigenvalue weighted by molar-refractivity contribution is -0.127. The second kappa shape index (κ2) is 8.61. The van der Waals surface area contributed by atoms with Crippen LogP contribution in [0.5, 0.6) is 0 Å². The van der Waals surface area contributed by atoms with Gasteiger partial charge in [0.25, 0.3) is 5.91 Å². The van der Waals surface area contributed by atoms with Crippen LogP contribution in [0.1, 0.15) is 40.6 Å². The molecule has 2 rings (SSSR count). The van der Waals surface area contributed by atoms with Crippen molar-refractivity contribution in [2.24, 2.45) is 0 Å². The molecule has 1 aliphatic carbocycles. The third-order valence-corrected chi connectivity index (χ3v) is 4.93. The van der Waals surface area contributed by atoms with Gasteiger partial charge in [0.1, 0.15) is 5.00 Å². The number of rotatable bonds is 6. The molecule has 0 unspecified atom stereocenters. The van der Waals surface area contributed by atoms with E-state index >= 15 is 0 Å². The molecule has 0 radical (unpaired) electrons. The van der Waals surface area contributed by atoms with E-state index in [2.05, 4.69) is 16.0 Å². The van der Waals surface area contributed by atoms with Crippen molar-refractivity contribution < 1.29 is 23.9 Å². The Kier molecular flexibility index (Phi) is 6.51. The fourth-order valence-electron chi connectivity index (χ4n) is 2.55. The molecular weight excluding hydrogens is 346 g/mol. The molecule has 0 bridgehead atoms. The molecule has 0 saturated carbocycles. The van der Waals surface area contributed by atoms with Crippen LogP contribution < -0.4 is 16.0 Å². The molecule has 1 aromatic heterocycles. The largest absolute Gasteiger partial charge is 0.452 e. The molecule has 0 atom stereocenters. The Morgan fingerprint density at radius 2 is 1.84 bits per heavy atom. The van der Waals surface area contributed by atoms with Crippen LogP contribution in [0.4, 0.5) is 5.00 Å². The van der Waals surface area contributed by atoms with Crippen LogP contribution >= 0.6 is 11.3 Å². The van der Waals surface area contributed by atoms with Crippen molar-refractivity contribution in [2.75, 3.05) is 25.5 Å². The summed E-state index contributed by atoms with van der Waals surface area (Å²) in [5.41, 5.74) is 1.24. The van der Waals surface area contributed by atoms with Gasteiger partial charge in [-0.1, -0.05) is 0 Å². The Labute approximate surface area is 149 Å². The maximum Gasteiger partial charge on any atom is 0.341 e. The van der Waals surface area contributed by atoms with E-state index in [-0.39, 0.29) is 18.4 Å². The highest BCUT2D eigenvalue weighted by Gasteiger charge is 2.27. The third-order valence-electron chi connectivity index (χ3n) is 3.72. The fraction of sp³-hybridized carbons (Fsp3) is 0.500. The van der Waals surface area contributed by atoms with Gasteiger partial charge in [0.15, 0.2) is 6.61 Å². The predicted octanol–water partition coefficient (Wildman–Crippen LogP) is 0.604. The Bertz CT molecular complexity index is 698. The van der Waals surface area contributed by atoms with E-state index in [1.54, 1.807) is 0 Å². The molecule has 1 aromatic rings. The van der Waals surface area contributed by atoms with Gasteiger partial charge in [0.2, 0.25) is 11.8 Å². The number of amides is 3. The van der Waals surface area contributed by atoms with Gasteiger partial charge < -0.3 is 20.7 Å². The monoisotopic (exact) mass is 367 g/mol. The quantitative estimate of drug-likeness (QED) is 0.637. The summed E-state index contributed by atoms with van der Waals surface area (Å²) >= 11 is 1.38. The molecule has 1 aliphatic rings. The summed E-state index contributed by atoms with van der Waals surface area (Å²) < 4.78 is 5.08. The highest BCUT2D eigenvalue weighted by Crippen LogP contribution is 2.38. The summed E-state index contributed by atoms with van der Waals surface area (Å²) in [6.07, 6.45) is 3.63. The normalized spacial score (nSPS) is 12.7. The molecule has 0 spiro atoms. The van der Waals surface area contributed by atoms with Gasteiger partial charge >= 0.3 is 5.97 Å². The first-order chi connectivity index (χ1) is 11.9. The standard InChI is InChI=1S/C16H21N3O5S/c1-9(20)19-15-14(10-5-3-4-6-11(10)25-15)16(23)24-8-13(22)18-7-12(21)17-2/h3-8H2,1-2H3,(H,17,21)(H,18,22)(H,19,20). The van der Waals surface area contributed by atoms with Gasteiger partial charge in [-0.2, -0.15) is 0 Å². The smallest absolute Gasteiger partial charge is 0.341 e. The molecule has 8 nitrogen and oxygen atoms in total. The number of esters is 1. The third kappa shape index (κ3) is 5.02. The van der Waals surface area contributed by atoms with Gasteiger partial charge in [-0.3, -0.25) is 14.4 Å². The number of carbonyl (C=O) groups is 4. The highest BCUT2D eigenvalue weighted by atomic mass is 32.1. The lowest BCUT2D eigenvalue weighted by Crippen LogP contribution is -2.37. The molecule has 0 aromatic carbocycles. The summed E-state index contributed by atoms with van der Waals surface area (Å²) in [6.45, 7) is 0.706. The van der Waals surface area contributed by atoms with E-state index in [4.69, 9.17) is 4.74 Å². The van der Waals surface area contributed by atoms with Crippen molar-refractivity contribution in [3.05, 3.63) is 16.0 Å². The van der Waals surface area contributed by atoms with E-state index < -0.39 is 18.5 Å². The maximum atomic E-state index is 12.5. The average Bonchev–Trinajstić information content (AvgIpc) is 2.94. The molecule has 136 valence electrons. The predicted molar refractivity (Wildman–Crippen MR) is 92.6 cm³/mol. The zero-order chi connectivity index (χ0) is 18.4. The Morgan fingerprint density at radius 1 is 1.12 bits per heavy atom. The fourth-order valence-corrected chi connectivity index (χ4v) is 3.87. The lowest BCUT2D eigenvalue weighted by Gasteiger charge is -2.12. The second-order valence-electron chi connectivity index (χ2n) is 5.62. The van der Waals surface area contributed by atoms with Crippen molar-refractivity contribution in [1.82, 2.24) is 10.6 Å². The Hall–Kier alpha value is -2.42. The molecule has 0 aliphatic heterocycles. The number of likely N-dealkylation sites (N-methyl/N-ethyl adjacent to an activating group) is 1. The number of carbonyl (C=O) groups excluding carboxylic acids is 4. The zero-order valence-electron chi connectivity index (χ0n) is 14.2. The molecule has 25 heavy (non-hydrogen) atoms. The number of hydrogen-bond donors (Lipinski definition) is 3. The minimum absolute atomic E-state index is 0.183. The maximum absolute atomic E-state index is 12.5. The topological polar surface area (TPSA) is 114 Å². The summed E-state index contributed by atoms with van der Waals surface area (Å²) in [5.74, 6) is -1.82. The van der Waals surface area contributed by atoms with Crippen molar-refractivity contribution in [3.8, 4) is 0 Å². The van der Waals surface area contributed by atoms with Crippen LogP contribution in [0.3, 0.4) is 0 Å². The first-order valence-corrected chi connectivity index (χ1v) is 8.80. The summed E-state index contributed by atoms with van der Waals surface area (Å²) in [5, 5.41) is 7.85. The first-order valence-electron chi connectivity index (χ1n) is 7.99. The number of thiophene rings is 1. The lowest BCUT2D eigenvalue weighted by atomic mass is 9.95. The van der Waals surface area contributed by atoms with Crippen LogP contribution in [-0.2, 0) is 32.0 Å². The number of hydrogen-bond acceptors (Lipinski definition) is 6. The number of ether oxygens (including phenoxy) is 1. The SMILES string of the molecule is CNC(=O)CNC(=O)COC(=O)c1c(NC(C)=O)sc2c1CCCC2. The number of fused-ring (bicyclic) bond motifs is 1. The Morgan fingerprint density at radius 3 is 2.52 bits per heavy atom. The minimum atomic E-state index is -0.641. The Balaban J connectivity index is 2.05. The van der Waals surface area contributed by atoms with E-state index in [0.29, 0.717) is 10.6 Å². The molecule has 3 amide bonds. The van der Waals surface area contributed by atoms with Crippen LogP contribution in [0.25, 0.3) is 0 Å². The molecule has 3 N–H and O–H groups in total. The number of aryl methyl sites for hydroxylation is 1. The molecule has 0 fully saturated rings. The van der Waals surface area contributed by atoms with Gasteiger partial charge in [0.05, 0.1) is 12.1 Å². The van der Waals surface area contributed by atoms with E-state index in [9.17, 15) is 19.2 Å². The van der Waals surface area contributed by atoms with Crippen molar-refractivity contribution in [3.63, 3.8) is 0 Å². The van der Waals surface area contributed by atoms with E-state index in [1.807, 2.05) is 0 Å². The van der Waals surface area contributed by atoms with E-state index in [0.717, 1.165) is 36.1 Å². The summed E-state index contributed by atoms with van der Waals surface area (Å²) in [6, 6.07) is 0. The van der Waals surface area contributed by atoms with Gasteiger partial charge in [-0.25, -0.2) is 4.79 Å². The average molecular weight is 367 g/mol. The van der Waals surface area contributed by atoms with Crippen molar-refractivity contribution >= 4 is 40.0 Å². The molecule has 9 heteroatoms. The van der Waals surface area contributed by atoms with Gasteiger partial charge in [0, 0.05) is 18.8 Å². The van der Waals surface area contributed by atoms with Crippen LogP contribution in [0, 0.1) is 0 Å². The molecule has 0 saturated heterocycles. The van der Waals surface area contributed by atoms with Crippen LogP contribution in [0.2, 0.25) is 0 Å². The number of anilines is 1. The zero-order valence-corrected chi connectivity index (χ0v) is 15.0. The van der Waals surface area contributed by atoms with Crippen molar-refractivity contribution in [1.29, 1.82) is 0 Å². The van der Waals surface area contributed by atoms with E-state index in [1.165, 1.54) is 25.3 Å². The number of nitrogens with one attached hydrogen (secondary N) is 3. The molecular formula is C16H21N3O5S. The minimum Gasteiger partial charge on any atom is -0.452 e. The summed E-state index contributed by atoms with van der Waals surface area (Å²) in [4.78, 5) is 47.6. The van der Waals surface area contributed by atoms with Gasteiger partial charge in [-0.15, -0.1) is 11.3 Å². The second-order valence-corrected chi connectivity index (χ2v) is 6.73. The van der Waals surface area contributed by atoms with Crippen molar-refractivity contribution in [2.45, 2.75) is 32.6 Å². The highest BCUT2D eigenvalue weighted by molar-refractivity contribution is 7.17. The van der Waals surface area contributed by atoms with Crippen LogP contribution in [-0.4, -0.2) is 43.9 Å². The summed E-state index contributed by atoms with van der Waals surface area (Å²) in [7, 11) is 1.46.